The number of hydrogen-bond donors (Lipinski definition) is 1. The molecule has 166 valence electrons. The van der Waals surface area contributed by atoms with E-state index in [1.165, 1.54) is 17.3 Å². The van der Waals surface area contributed by atoms with Crippen molar-refractivity contribution < 1.29 is 13.5 Å². The van der Waals surface area contributed by atoms with Crippen LogP contribution in [-0.2, 0) is 5.75 Å². The number of likely N-dealkylation sites (tertiary alicyclic amines) is 1. The van der Waals surface area contributed by atoms with Gasteiger partial charge in [0.1, 0.15) is 5.75 Å². The van der Waals surface area contributed by atoms with Crippen LogP contribution in [0.4, 0.5) is 14.5 Å². The van der Waals surface area contributed by atoms with E-state index in [0.717, 1.165) is 74.8 Å². The van der Waals surface area contributed by atoms with Crippen molar-refractivity contribution in [2.75, 3.05) is 31.6 Å². The zero-order valence-corrected chi connectivity index (χ0v) is 18.5. The van der Waals surface area contributed by atoms with Gasteiger partial charge in [-0.05, 0) is 62.4 Å². The summed E-state index contributed by atoms with van der Waals surface area (Å²) in [5, 5.41) is 4.53. The van der Waals surface area contributed by atoms with Crippen LogP contribution in [0.5, 0.6) is 5.75 Å². The molecule has 0 radical (unpaired) electrons. The molecule has 2 aliphatic heterocycles. The summed E-state index contributed by atoms with van der Waals surface area (Å²) in [6, 6.07) is 12.5. The number of rotatable bonds is 8. The number of piperidine rings is 1. The van der Waals surface area contributed by atoms with Crippen molar-refractivity contribution >= 4 is 22.6 Å². The molecule has 7 heteroatoms. The fourth-order valence-electron chi connectivity index (χ4n) is 3.94. The van der Waals surface area contributed by atoms with Crippen molar-refractivity contribution in [3.8, 4) is 5.75 Å². The van der Waals surface area contributed by atoms with E-state index in [9.17, 15) is 8.78 Å². The largest absolute Gasteiger partial charge is 0.493 e. The number of ether oxygens (including phenoxy) is 1. The zero-order valence-electron chi connectivity index (χ0n) is 17.7. The van der Waals surface area contributed by atoms with E-state index in [4.69, 9.17) is 9.73 Å². The predicted octanol–water partition coefficient (Wildman–Crippen LogP) is 5.69. The van der Waals surface area contributed by atoms with Crippen LogP contribution >= 0.6 is 11.8 Å². The number of nitrogens with one attached hydrogen (secondary N) is 1. The van der Waals surface area contributed by atoms with E-state index in [2.05, 4.69) is 34.5 Å². The van der Waals surface area contributed by atoms with Crippen LogP contribution in [0.25, 0.3) is 0 Å². The number of aliphatic imine (C=N–C) groups is 1. The van der Waals surface area contributed by atoms with Crippen LogP contribution in [0.2, 0.25) is 0 Å². The molecule has 2 heterocycles. The van der Waals surface area contributed by atoms with E-state index in [1.54, 1.807) is 11.8 Å². The SMILES string of the molecule is Fc1ccc(OCCCCCN2CCC(N=C3Nc4ccccc4CS3)CC2)cc1F. The Balaban J connectivity index is 1.09. The maximum Gasteiger partial charge on any atom is 0.162 e. The van der Waals surface area contributed by atoms with Crippen molar-refractivity contribution in [2.24, 2.45) is 4.99 Å². The summed E-state index contributed by atoms with van der Waals surface area (Å²) in [4.78, 5) is 7.48. The molecule has 0 amide bonds. The molecular formula is C24H29F2N3OS. The molecule has 1 N–H and O–H groups in total. The van der Waals surface area contributed by atoms with Gasteiger partial charge < -0.3 is 15.0 Å². The number of amidine groups is 1. The Morgan fingerprint density at radius 1 is 1.03 bits per heavy atom. The third kappa shape index (κ3) is 6.43. The second-order valence-electron chi connectivity index (χ2n) is 8.06. The predicted molar refractivity (Wildman–Crippen MR) is 124 cm³/mol. The van der Waals surface area contributed by atoms with Gasteiger partial charge in [-0.3, -0.25) is 4.99 Å². The van der Waals surface area contributed by atoms with Crippen LogP contribution in [0.15, 0.2) is 47.5 Å². The number of anilines is 1. The first kappa shape index (κ1) is 22.1. The lowest BCUT2D eigenvalue weighted by Crippen LogP contribution is -2.36. The lowest BCUT2D eigenvalue weighted by atomic mass is 10.1. The lowest BCUT2D eigenvalue weighted by molar-refractivity contribution is 0.207. The molecule has 1 fully saturated rings. The monoisotopic (exact) mass is 445 g/mol. The molecule has 2 aromatic rings. The fourth-order valence-corrected chi connectivity index (χ4v) is 4.89. The fraction of sp³-hybridized carbons (Fsp3) is 0.458. The van der Waals surface area contributed by atoms with Gasteiger partial charge in [-0.25, -0.2) is 8.78 Å². The molecule has 0 unspecified atom stereocenters. The van der Waals surface area contributed by atoms with Crippen LogP contribution in [-0.4, -0.2) is 42.4 Å². The van der Waals surface area contributed by atoms with Crippen molar-refractivity contribution in [1.82, 2.24) is 4.90 Å². The number of para-hydroxylation sites is 1. The first-order valence-corrected chi connectivity index (χ1v) is 12.0. The molecule has 0 spiro atoms. The highest BCUT2D eigenvalue weighted by Crippen LogP contribution is 2.29. The number of halogens is 2. The molecular weight excluding hydrogens is 416 g/mol. The van der Waals surface area contributed by atoms with Gasteiger partial charge in [0.15, 0.2) is 16.8 Å². The number of unbranched alkanes of at least 4 members (excludes halogenated alkanes) is 2. The smallest absolute Gasteiger partial charge is 0.162 e. The summed E-state index contributed by atoms with van der Waals surface area (Å²) in [5.74, 6) is -0.340. The topological polar surface area (TPSA) is 36.9 Å². The highest BCUT2D eigenvalue weighted by molar-refractivity contribution is 8.13. The first-order valence-electron chi connectivity index (χ1n) is 11.0. The van der Waals surface area contributed by atoms with Crippen molar-refractivity contribution in [1.29, 1.82) is 0 Å². The molecule has 0 atom stereocenters. The van der Waals surface area contributed by atoms with E-state index in [1.807, 2.05) is 0 Å². The Labute approximate surface area is 187 Å². The Morgan fingerprint density at radius 2 is 1.87 bits per heavy atom. The Morgan fingerprint density at radius 3 is 2.71 bits per heavy atom. The zero-order chi connectivity index (χ0) is 21.5. The molecule has 2 aliphatic rings. The van der Waals surface area contributed by atoms with Gasteiger partial charge >= 0.3 is 0 Å². The average Bonchev–Trinajstić information content (AvgIpc) is 2.79. The van der Waals surface area contributed by atoms with Crippen LogP contribution in [0, 0.1) is 11.6 Å². The summed E-state index contributed by atoms with van der Waals surface area (Å²) in [5.41, 5.74) is 2.53. The van der Waals surface area contributed by atoms with Gasteiger partial charge in [-0.1, -0.05) is 30.0 Å². The highest BCUT2D eigenvalue weighted by Gasteiger charge is 2.20. The third-order valence-corrected chi connectivity index (χ3v) is 6.70. The van der Waals surface area contributed by atoms with Gasteiger partial charge in [0.25, 0.3) is 0 Å². The average molecular weight is 446 g/mol. The third-order valence-electron chi connectivity index (χ3n) is 5.76. The van der Waals surface area contributed by atoms with Crippen molar-refractivity contribution in [3.63, 3.8) is 0 Å². The molecule has 2 aromatic carbocycles. The molecule has 31 heavy (non-hydrogen) atoms. The molecule has 1 saturated heterocycles. The molecule has 0 bridgehead atoms. The van der Waals surface area contributed by atoms with Crippen molar-refractivity contribution in [2.45, 2.75) is 43.9 Å². The maximum atomic E-state index is 13.2. The number of nitrogens with zero attached hydrogens (tertiary/aromatic N) is 2. The Hall–Kier alpha value is -2.12. The van der Waals surface area contributed by atoms with E-state index in [-0.39, 0.29) is 0 Å². The lowest BCUT2D eigenvalue weighted by Gasteiger charge is -2.31. The summed E-state index contributed by atoms with van der Waals surface area (Å²) < 4.78 is 31.6. The molecule has 0 aromatic heterocycles. The molecule has 4 nitrogen and oxygen atoms in total. The quantitative estimate of drug-likeness (QED) is 0.530. The van der Waals surface area contributed by atoms with Gasteiger partial charge in [-0.15, -0.1) is 0 Å². The van der Waals surface area contributed by atoms with Crippen LogP contribution in [0.1, 0.15) is 37.7 Å². The highest BCUT2D eigenvalue weighted by atomic mass is 32.2. The van der Waals surface area contributed by atoms with E-state index < -0.39 is 11.6 Å². The van der Waals surface area contributed by atoms with Crippen LogP contribution in [0.3, 0.4) is 0 Å². The second-order valence-corrected chi connectivity index (χ2v) is 9.03. The number of thioether (sulfide) groups is 1. The molecule has 0 saturated carbocycles. The molecule has 4 rings (SSSR count). The van der Waals surface area contributed by atoms with Gasteiger partial charge in [0, 0.05) is 30.6 Å². The Kier molecular flexibility index (Phi) is 7.81. The summed E-state index contributed by atoms with van der Waals surface area (Å²) in [6.45, 7) is 3.80. The van der Waals surface area contributed by atoms with E-state index >= 15 is 0 Å². The normalized spacial score (nSPS) is 18.6. The maximum absolute atomic E-state index is 13.2. The minimum Gasteiger partial charge on any atom is -0.493 e. The molecule has 0 aliphatic carbocycles. The van der Waals surface area contributed by atoms with E-state index in [0.29, 0.717) is 18.4 Å². The van der Waals surface area contributed by atoms with Gasteiger partial charge in [0.2, 0.25) is 0 Å². The second kappa shape index (κ2) is 11.0. The Bertz CT molecular complexity index is 900. The van der Waals surface area contributed by atoms with Gasteiger partial charge in [0.05, 0.1) is 12.6 Å². The van der Waals surface area contributed by atoms with Gasteiger partial charge in [-0.2, -0.15) is 0 Å². The number of fused-ring (bicyclic) bond motifs is 1. The first-order chi connectivity index (χ1) is 15.2. The summed E-state index contributed by atoms with van der Waals surface area (Å²) in [7, 11) is 0. The summed E-state index contributed by atoms with van der Waals surface area (Å²) >= 11 is 1.80. The minimum atomic E-state index is -0.867. The van der Waals surface area contributed by atoms with Crippen molar-refractivity contribution in [3.05, 3.63) is 59.7 Å². The summed E-state index contributed by atoms with van der Waals surface area (Å²) in [6.07, 6.45) is 5.30. The minimum absolute atomic E-state index is 0.386. The van der Waals surface area contributed by atoms with Crippen LogP contribution < -0.4 is 10.1 Å². The number of benzene rings is 2. The number of hydrogen-bond acceptors (Lipinski definition) is 4. The standard InChI is InChI=1S/C24H29F2N3OS/c25-21-9-8-20(16-22(21)26)30-15-5-1-4-12-29-13-10-19(11-14-29)27-24-28-23-7-3-2-6-18(23)17-31-24/h2-3,6-9,16,19H,1,4-5,10-15,17H2,(H,27,28).